The Balaban J connectivity index is 2.48. The zero-order chi connectivity index (χ0) is 7.56. The van der Waals surface area contributed by atoms with Crippen LogP contribution in [-0.4, -0.2) is 11.7 Å². The average molecular weight is 139 g/mol. The van der Waals surface area contributed by atoms with Crippen LogP contribution in [0.15, 0.2) is 0 Å². The fourth-order valence-corrected chi connectivity index (χ4v) is 1.36. The van der Waals surface area contributed by atoms with Gasteiger partial charge in [-0.05, 0) is 12.8 Å². The molecule has 0 aromatic carbocycles. The number of rotatable bonds is 2. The number of amides is 1. The van der Waals surface area contributed by atoms with Gasteiger partial charge in [-0.15, -0.1) is 0 Å². The van der Waals surface area contributed by atoms with Crippen molar-refractivity contribution < 1.29 is 9.59 Å². The Morgan fingerprint density at radius 3 is 2.10 bits per heavy atom. The zero-order valence-corrected chi connectivity index (χ0v) is 5.67. The quantitative estimate of drug-likeness (QED) is 0.518. The van der Waals surface area contributed by atoms with E-state index in [0.717, 1.165) is 25.7 Å². The molecular formula is C7H9NO2. The zero-order valence-electron chi connectivity index (χ0n) is 5.67. The van der Waals surface area contributed by atoms with Gasteiger partial charge in [-0.3, -0.25) is 9.59 Å². The van der Waals surface area contributed by atoms with E-state index in [1.165, 1.54) is 0 Å². The monoisotopic (exact) mass is 139 g/mol. The van der Waals surface area contributed by atoms with E-state index in [1.54, 1.807) is 0 Å². The third-order valence-electron chi connectivity index (χ3n) is 1.94. The number of ketones is 1. The summed E-state index contributed by atoms with van der Waals surface area (Å²) < 4.78 is 0. The van der Waals surface area contributed by atoms with Gasteiger partial charge in [0.25, 0.3) is 0 Å². The molecule has 0 aliphatic heterocycles. The first-order valence-electron chi connectivity index (χ1n) is 3.49. The van der Waals surface area contributed by atoms with Crippen molar-refractivity contribution in [2.45, 2.75) is 25.7 Å². The van der Waals surface area contributed by atoms with E-state index in [4.69, 9.17) is 5.73 Å². The van der Waals surface area contributed by atoms with E-state index in [1.807, 2.05) is 0 Å². The van der Waals surface area contributed by atoms with E-state index < -0.39 is 11.7 Å². The number of Topliss-reactive ketones (excluding diaryl/α,β-unsaturated/α-hetero) is 1. The predicted octanol–water partition coefficient (Wildman–Crippen LogP) is 0.341. The van der Waals surface area contributed by atoms with Gasteiger partial charge >= 0.3 is 5.91 Å². The number of hydrogen-bond acceptors (Lipinski definition) is 2. The summed E-state index contributed by atoms with van der Waals surface area (Å²) in [5.41, 5.74) is 8.29. The SMILES string of the molecule is [N]C(=O)C(=O)C1CCCC1. The molecule has 1 amide bonds. The summed E-state index contributed by atoms with van der Waals surface area (Å²) in [7, 11) is 0. The molecule has 1 aliphatic rings. The Labute approximate surface area is 59.6 Å². The van der Waals surface area contributed by atoms with Crippen LogP contribution in [-0.2, 0) is 9.59 Å². The first-order chi connectivity index (χ1) is 4.72. The van der Waals surface area contributed by atoms with Crippen molar-refractivity contribution in [1.29, 1.82) is 0 Å². The van der Waals surface area contributed by atoms with Crippen molar-refractivity contribution in [3.05, 3.63) is 0 Å². The van der Waals surface area contributed by atoms with Crippen molar-refractivity contribution in [3.63, 3.8) is 0 Å². The second-order valence-corrected chi connectivity index (χ2v) is 2.65. The molecule has 1 fully saturated rings. The Morgan fingerprint density at radius 1 is 1.20 bits per heavy atom. The Morgan fingerprint density at radius 2 is 1.70 bits per heavy atom. The highest BCUT2D eigenvalue weighted by Crippen LogP contribution is 2.25. The normalized spacial score (nSPS) is 19.2. The maximum Gasteiger partial charge on any atom is 0.331 e. The predicted molar refractivity (Wildman–Crippen MR) is 34.1 cm³/mol. The average Bonchev–Trinajstić information content (AvgIpc) is 2.36. The highest BCUT2D eigenvalue weighted by molar-refractivity contribution is 6.36. The minimum absolute atomic E-state index is 0.183. The number of nitrogens with zero attached hydrogens (tertiary/aromatic N) is 1. The molecule has 0 saturated heterocycles. The first kappa shape index (κ1) is 7.25. The van der Waals surface area contributed by atoms with Crippen molar-refractivity contribution in [1.82, 2.24) is 5.73 Å². The van der Waals surface area contributed by atoms with Gasteiger partial charge in [0.05, 0.1) is 0 Å². The highest BCUT2D eigenvalue weighted by Gasteiger charge is 2.26. The summed E-state index contributed by atoms with van der Waals surface area (Å²) in [5, 5.41) is 0. The van der Waals surface area contributed by atoms with E-state index in [2.05, 4.69) is 0 Å². The van der Waals surface area contributed by atoms with E-state index in [9.17, 15) is 9.59 Å². The Bertz CT molecular complexity index is 159. The molecule has 2 radical (unpaired) electrons. The number of carbonyl (C=O) groups is 2. The minimum atomic E-state index is -1.27. The molecule has 3 nitrogen and oxygen atoms in total. The van der Waals surface area contributed by atoms with Gasteiger partial charge < -0.3 is 0 Å². The third kappa shape index (κ3) is 1.35. The largest absolute Gasteiger partial charge is 0.331 e. The van der Waals surface area contributed by atoms with Crippen molar-refractivity contribution >= 4 is 11.7 Å². The molecule has 0 N–H and O–H groups in total. The van der Waals surface area contributed by atoms with Gasteiger partial charge in [0.1, 0.15) is 0 Å². The van der Waals surface area contributed by atoms with E-state index >= 15 is 0 Å². The van der Waals surface area contributed by atoms with Crippen LogP contribution in [0.25, 0.3) is 0 Å². The molecule has 0 aromatic heterocycles. The van der Waals surface area contributed by atoms with Gasteiger partial charge in [-0.25, -0.2) is 0 Å². The molecule has 54 valence electrons. The van der Waals surface area contributed by atoms with Crippen LogP contribution in [0, 0.1) is 5.92 Å². The number of hydrogen-bond donors (Lipinski definition) is 0. The second-order valence-electron chi connectivity index (χ2n) is 2.65. The van der Waals surface area contributed by atoms with Crippen LogP contribution in [0.5, 0.6) is 0 Å². The molecule has 0 spiro atoms. The molecule has 0 bridgehead atoms. The van der Waals surface area contributed by atoms with E-state index in [-0.39, 0.29) is 5.92 Å². The Kier molecular flexibility index (Phi) is 2.04. The summed E-state index contributed by atoms with van der Waals surface area (Å²) in [5.74, 6) is -2.05. The second kappa shape index (κ2) is 2.82. The highest BCUT2D eigenvalue weighted by atomic mass is 16.2. The standard InChI is InChI=1S/C7H9NO2/c8-7(10)6(9)5-3-1-2-4-5/h5H,1-4H2. The lowest BCUT2D eigenvalue weighted by molar-refractivity contribution is -0.138. The molecule has 1 rings (SSSR count). The van der Waals surface area contributed by atoms with Crippen molar-refractivity contribution in [2.75, 3.05) is 0 Å². The summed E-state index contributed by atoms with van der Waals surface area (Å²) in [6.07, 6.45) is 3.55. The summed E-state index contributed by atoms with van der Waals surface area (Å²) >= 11 is 0. The molecule has 0 heterocycles. The third-order valence-corrected chi connectivity index (χ3v) is 1.94. The summed E-state index contributed by atoms with van der Waals surface area (Å²) in [6.45, 7) is 0. The van der Waals surface area contributed by atoms with Gasteiger partial charge in [0.2, 0.25) is 5.78 Å². The lowest BCUT2D eigenvalue weighted by atomic mass is 10.0. The van der Waals surface area contributed by atoms with Gasteiger partial charge in [-0.2, -0.15) is 0 Å². The molecule has 1 saturated carbocycles. The Hall–Kier alpha value is -0.860. The van der Waals surface area contributed by atoms with Crippen LogP contribution in [0.4, 0.5) is 0 Å². The van der Waals surface area contributed by atoms with Gasteiger partial charge in [0.15, 0.2) is 0 Å². The smallest absolute Gasteiger partial charge is 0.288 e. The maximum absolute atomic E-state index is 10.7. The molecule has 0 unspecified atom stereocenters. The van der Waals surface area contributed by atoms with Crippen LogP contribution >= 0.6 is 0 Å². The van der Waals surface area contributed by atoms with Crippen LogP contribution < -0.4 is 5.73 Å². The van der Waals surface area contributed by atoms with Crippen molar-refractivity contribution in [2.24, 2.45) is 5.92 Å². The number of carbonyl (C=O) groups excluding carboxylic acids is 2. The van der Waals surface area contributed by atoms with Gasteiger partial charge in [-0.1, -0.05) is 18.6 Å². The van der Waals surface area contributed by atoms with Gasteiger partial charge in [0, 0.05) is 5.92 Å². The fraction of sp³-hybridized carbons (Fsp3) is 0.714. The van der Waals surface area contributed by atoms with Crippen LogP contribution in [0.2, 0.25) is 0 Å². The van der Waals surface area contributed by atoms with E-state index in [0.29, 0.717) is 0 Å². The van der Waals surface area contributed by atoms with Crippen LogP contribution in [0.1, 0.15) is 25.7 Å². The molecule has 3 heteroatoms. The lowest BCUT2D eigenvalue weighted by Crippen LogP contribution is -2.21. The molecule has 0 aromatic rings. The first-order valence-corrected chi connectivity index (χ1v) is 3.49. The topological polar surface area (TPSA) is 56.4 Å². The van der Waals surface area contributed by atoms with Crippen LogP contribution in [0.3, 0.4) is 0 Å². The maximum atomic E-state index is 10.7. The lowest BCUT2D eigenvalue weighted by Gasteiger charge is -2.00. The summed E-state index contributed by atoms with van der Waals surface area (Å²) in [6, 6.07) is 0. The van der Waals surface area contributed by atoms with Crippen molar-refractivity contribution in [3.8, 4) is 0 Å². The fourth-order valence-electron chi connectivity index (χ4n) is 1.36. The molecular weight excluding hydrogens is 130 g/mol. The summed E-state index contributed by atoms with van der Waals surface area (Å²) in [4.78, 5) is 20.9. The molecule has 10 heavy (non-hydrogen) atoms. The molecule has 0 atom stereocenters. The minimum Gasteiger partial charge on any atom is -0.288 e. The molecule has 1 aliphatic carbocycles.